The molecule has 0 aromatic heterocycles. The fourth-order valence-electron chi connectivity index (χ4n) is 3.61. The van der Waals surface area contributed by atoms with E-state index in [0.717, 1.165) is 49.1 Å². The molecule has 0 unspecified atom stereocenters. The van der Waals surface area contributed by atoms with Gasteiger partial charge in [-0.25, -0.2) is 0 Å². The first-order valence-corrected chi connectivity index (χ1v) is 10.8. The molecule has 7 nitrogen and oxygen atoms in total. The zero-order chi connectivity index (χ0) is 21.7. The van der Waals surface area contributed by atoms with Crippen LogP contribution in [0.25, 0.3) is 0 Å². The molecule has 1 aliphatic heterocycles. The Hall–Kier alpha value is -2.48. The number of methoxy groups -OCH3 is 2. The first-order valence-electron chi connectivity index (χ1n) is 10.8. The van der Waals surface area contributed by atoms with E-state index in [1.807, 2.05) is 36.4 Å². The van der Waals surface area contributed by atoms with E-state index in [9.17, 15) is 0 Å². The van der Waals surface area contributed by atoms with Crippen LogP contribution in [-0.4, -0.2) is 80.0 Å². The highest BCUT2D eigenvalue weighted by molar-refractivity contribution is 5.59. The Labute approximate surface area is 185 Å². The average molecular weight is 431 g/mol. The third-order valence-corrected chi connectivity index (χ3v) is 5.25. The smallest absolute Gasteiger partial charge is 0.142 e. The molecule has 0 bridgehead atoms. The second-order valence-electron chi connectivity index (χ2n) is 7.15. The van der Waals surface area contributed by atoms with E-state index in [0.29, 0.717) is 39.6 Å². The van der Waals surface area contributed by atoms with Crippen molar-refractivity contribution >= 4 is 11.4 Å². The topological polar surface area (TPSA) is 52.6 Å². The highest BCUT2D eigenvalue weighted by Crippen LogP contribution is 2.28. The van der Waals surface area contributed by atoms with E-state index >= 15 is 0 Å². The highest BCUT2D eigenvalue weighted by Gasteiger charge is 2.14. The number of benzene rings is 2. The van der Waals surface area contributed by atoms with Gasteiger partial charge in [0.1, 0.15) is 11.5 Å². The number of nitrogens with zero attached hydrogens (tertiary/aromatic N) is 2. The van der Waals surface area contributed by atoms with E-state index in [4.69, 9.17) is 23.7 Å². The molecule has 1 fully saturated rings. The zero-order valence-corrected chi connectivity index (χ0v) is 18.6. The largest absolute Gasteiger partial charge is 0.495 e. The lowest BCUT2D eigenvalue weighted by Crippen LogP contribution is -2.33. The summed E-state index contributed by atoms with van der Waals surface area (Å²) in [7, 11) is 3.40. The van der Waals surface area contributed by atoms with Gasteiger partial charge in [0.15, 0.2) is 0 Å². The molecule has 1 saturated heterocycles. The number of para-hydroxylation sites is 4. The highest BCUT2D eigenvalue weighted by atomic mass is 16.5. The Morgan fingerprint density at radius 1 is 0.548 bits per heavy atom. The molecule has 1 heterocycles. The quantitative estimate of drug-likeness (QED) is 0.739. The molecule has 1 aliphatic rings. The first-order chi connectivity index (χ1) is 15.3. The van der Waals surface area contributed by atoms with Gasteiger partial charge in [0.05, 0.1) is 65.2 Å². The van der Waals surface area contributed by atoms with Gasteiger partial charge in [0, 0.05) is 26.2 Å². The van der Waals surface area contributed by atoms with Crippen molar-refractivity contribution in [1.29, 1.82) is 0 Å². The predicted molar refractivity (Wildman–Crippen MR) is 123 cm³/mol. The second-order valence-corrected chi connectivity index (χ2v) is 7.15. The van der Waals surface area contributed by atoms with Crippen LogP contribution in [0, 0.1) is 0 Å². The maximum Gasteiger partial charge on any atom is 0.142 e. The van der Waals surface area contributed by atoms with Crippen LogP contribution in [0.4, 0.5) is 11.4 Å². The lowest BCUT2D eigenvalue weighted by Gasteiger charge is -2.27. The second kappa shape index (κ2) is 13.0. The molecule has 0 radical (unpaired) electrons. The molecule has 2 aromatic carbocycles. The molecule has 0 atom stereocenters. The van der Waals surface area contributed by atoms with Crippen molar-refractivity contribution in [3.05, 3.63) is 48.5 Å². The lowest BCUT2D eigenvalue weighted by atomic mass is 10.2. The lowest BCUT2D eigenvalue weighted by molar-refractivity contribution is 0.0530. The Morgan fingerprint density at radius 2 is 0.903 bits per heavy atom. The minimum absolute atomic E-state index is 0.574. The van der Waals surface area contributed by atoms with Gasteiger partial charge in [-0.2, -0.15) is 0 Å². The SMILES string of the molecule is COc1ccccc1N1CCOCCOCCN(c2ccccc2OC)CCOCC1. The van der Waals surface area contributed by atoms with Gasteiger partial charge in [-0.3, -0.25) is 0 Å². The Morgan fingerprint density at radius 3 is 1.29 bits per heavy atom. The fourth-order valence-corrected chi connectivity index (χ4v) is 3.61. The van der Waals surface area contributed by atoms with Crippen LogP contribution in [0.3, 0.4) is 0 Å². The van der Waals surface area contributed by atoms with Crippen molar-refractivity contribution in [3.63, 3.8) is 0 Å². The molecule has 3 rings (SSSR count). The Bertz CT molecular complexity index is 710. The number of ether oxygens (including phenoxy) is 5. The third-order valence-electron chi connectivity index (χ3n) is 5.25. The van der Waals surface area contributed by atoms with Crippen molar-refractivity contribution < 1.29 is 23.7 Å². The van der Waals surface area contributed by atoms with E-state index in [1.54, 1.807) is 14.2 Å². The molecule has 2 aromatic rings. The summed E-state index contributed by atoms with van der Waals surface area (Å²) in [6.07, 6.45) is 0. The zero-order valence-electron chi connectivity index (χ0n) is 18.6. The van der Waals surface area contributed by atoms with Gasteiger partial charge in [0.25, 0.3) is 0 Å². The van der Waals surface area contributed by atoms with Gasteiger partial charge in [-0.05, 0) is 24.3 Å². The fraction of sp³-hybridized carbons (Fsp3) is 0.500. The summed E-state index contributed by atoms with van der Waals surface area (Å²) in [5, 5.41) is 0. The summed E-state index contributed by atoms with van der Waals surface area (Å²) in [6, 6.07) is 16.1. The molecule has 170 valence electrons. The molecule has 31 heavy (non-hydrogen) atoms. The first kappa shape index (κ1) is 23.2. The van der Waals surface area contributed by atoms with E-state index in [1.165, 1.54) is 0 Å². The number of hydrogen-bond acceptors (Lipinski definition) is 7. The molecule has 0 amide bonds. The van der Waals surface area contributed by atoms with Crippen molar-refractivity contribution in [2.24, 2.45) is 0 Å². The van der Waals surface area contributed by atoms with Crippen LogP contribution in [0.2, 0.25) is 0 Å². The predicted octanol–water partition coefficient (Wildman–Crippen LogP) is 3.08. The monoisotopic (exact) mass is 430 g/mol. The van der Waals surface area contributed by atoms with Crippen LogP contribution < -0.4 is 19.3 Å². The van der Waals surface area contributed by atoms with Crippen LogP contribution >= 0.6 is 0 Å². The minimum Gasteiger partial charge on any atom is -0.495 e. The van der Waals surface area contributed by atoms with Crippen molar-refractivity contribution in [2.45, 2.75) is 0 Å². The number of hydrogen-bond donors (Lipinski definition) is 0. The molecule has 0 saturated carbocycles. The van der Waals surface area contributed by atoms with Crippen LogP contribution in [0.15, 0.2) is 48.5 Å². The van der Waals surface area contributed by atoms with Crippen molar-refractivity contribution in [3.8, 4) is 11.5 Å². The summed E-state index contributed by atoms with van der Waals surface area (Å²) < 4.78 is 28.7. The molecule has 0 spiro atoms. The summed E-state index contributed by atoms with van der Waals surface area (Å²) >= 11 is 0. The molecule has 7 heteroatoms. The van der Waals surface area contributed by atoms with Crippen LogP contribution in [0.1, 0.15) is 0 Å². The van der Waals surface area contributed by atoms with E-state index in [2.05, 4.69) is 21.9 Å². The van der Waals surface area contributed by atoms with E-state index < -0.39 is 0 Å². The van der Waals surface area contributed by atoms with Gasteiger partial charge in [-0.15, -0.1) is 0 Å². The molecular formula is C24H34N2O5. The number of anilines is 2. The van der Waals surface area contributed by atoms with Gasteiger partial charge in [0.2, 0.25) is 0 Å². The minimum atomic E-state index is 0.574. The summed E-state index contributed by atoms with van der Waals surface area (Å²) in [4.78, 5) is 4.49. The van der Waals surface area contributed by atoms with Crippen LogP contribution in [-0.2, 0) is 14.2 Å². The molecule has 0 N–H and O–H groups in total. The van der Waals surface area contributed by atoms with Crippen molar-refractivity contribution in [2.75, 3.05) is 89.8 Å². The molecule has 0 aliphatic carbocycles. The Balaban J connectivity index is 1.65. The van der Waals surface area contributed by atoms with Crippen molar-refractivity contribution in [1.82, 2.24) is 0 Å². The van der Waals surface area contributed by atoms with Gasteiger partial charge in [-0.1, -0.05) is 24.3 Å². The van der Waals surface area contributed by atoms with Gasteiger partial charge >= 0.3 is 0 Å². The summed E-state index contributed by atoms with van der Waals surface area (Å²) in [5.41, 5.74) is 2.10. The van der Waals surface area contributed by atoms with Crippen LogP contribution in [0.5, 0.6) is 11.5 Å². The normalized spacial score (nSPS) is 17.5. The summed E-state index contributed by atoms with van der Waals surface area (Å²) in [5.74, 6) is 1.71. The van der Waals surface area contributed by atoms with E-state index in [-0.39, 0.29) is 0 Å². The maximum atomic E-state index is 6.01. The summed E-state index contributed by atoms with van der Waals surface area (Å²) in [6.45, 7) is 6.67. The average Bonchev–Trinajstić information content (AvgIpc) is 2.83. The van der Waals surface area contributed by atoms with Gasteiger partial charge < -0.3 is 33.5 Å². The Kier molecular flexibility index (Phi) is 9.76. The molecular weight excluding hydrogens is 396 g/mol. The standard InChI is InChI=1S/C24H34N2O5/c1-27-23-9-5-3-7-21(23)25-11-15-29-16-12-26(14-18-31-20-19-30-17-13-25)22-8-4-6-10-24(22)28-2/h3-10H,11-20H2,1-2H3. The number of rotatable bonds is 4. The maximum absolute atomic E-state index is 6.01. The third kappa shape index (κ3) is 7.02.